The number of rotatable bonds is 7. The molecule has 0 saturated carbocycles. The Hall–Kier alpha value is -3.60. The van der Waals surface area contributed by atoms with Crippen molar-refractivity contribution in [3.8, 4) is 17.1 Å². The van der Waals surface area contributed by atoms with Crippen LogP contribution in [-0.4, -0.2) is 65.7 Å². The molecule has 1 aromatic heterocycles. The molecule has 1 aliphatic heterocycles. The van der Waals surface area contributed by atoms with E-state index in [0.29, 0.717) is 16.9 Å². The highest BCUT2D eigenvalue weighted by molar-refractivity contribution is 5.85. The molecule has 8 nitrogen and oxygen atoms in total. The van der Waals surface area contributed by atoms with E-state index in [9.17, 15) is 22.8 Å². The molecule has 2 heterocycles. The zero-order valence-corrected chi connectivity index (χ0v) is 23.5. The maximum Gasteiger partial charge on any atom is 0.416 e. The van der Waals surface area contributed by atoms with E-state index in [4.69, 9.17) is 4.74 Å². The minimum atomic E-state index is -4.65. The average molecular weight is 560 g/mol. The lowest BCUT2D eigenvalue weighted by atomic mass is 10.1. The van der Waals surface area contributed by atoms with E-state index < -0.39 is 29.8 Å². The Balaban J connectivity index is 1.85. The minimum absolute atomic E-state index is 0.0217. The van der Waals surface area contributed by atoms with E-state index in [1.807, 2.05) is 6.07 Å². The molecule has 0 bridgehead atoms. The Bertz CT molecular complexity index is 1430. The molecule has 0 radical (unpaired) electrons. The molecule has 2 aromatic carbocycles. The lowest BCUT2D eigenvalue weighted by Crippen LogP contribution is -2.37. The molecule has 0 atom stereocenters. The predicted octanol–water partition coefficient (Wildman–Crippen LogP) is 4.54. The number of nitrogens with zero attached hydrogens (tertiary/aromatic N) is 4. The quantitative estimate of drug-likeness (QED) is 0.458. The molecule has 1 aliphatic rings. The second-order valence-electron chi connectivity index (χ2n) is 10.7. The zero-order chi connectivity index (χ0) is 29.2. The van der Waals surface area contributed by atoms with Gasteiger partial charge in [-0.1, -0.05) is 0 Å². The van der Waals surface area contributed by atoms with Crippen LogP contribution in [0.15, 0.2) is 41.2 Å². The fourth-order valence-corrected chi connectivity index (χ4v) is 5.01. The number of amides is 1. The number of methoxy groups -OCH3 is 1. The molecule has 1 fully saturated rings. The molecule has 11 heteroatoms. The SMILES string of the molecule is COc1cc(-c2nc3ccc(N4CCCN(C(C)C)CC4)cc3c(=O)n2CC(=O)NC(C)C)cc(C(F)(F)F)c1. The van der Waals surface area contributed by atoms with Crippen LogP contribution in [0.25, 0.3) is 22.3 Å². The van der Waals surface area contributed by atoms with Crippen LogP contribution >= 0.6 is 0 Å². The van der Waals surface area contributed by atoms with Gasteiger partial charge in [0.15, 0.2) is 0 Å². The highest BCUT2D eigenvalue weighted by Crippen LogP contribution is 2.35. The first-order valence-corrected chi connectivity index (χ1v) is 13.5. The maximum absolute atomic E-state index is 13.9. The Kier molecular flexibility index (Phi) is 8.72. The van der Waals surface area contributed by atoms with Crippen LogP contribution < -0.4 is 20.5 Å². The van der Waals surface area contributed by atoms with Crippen LogP contribution in [0.2, 0.25) is 0 Å². The normalized spacial score (nSPS) is 15.1. The molecule has 3 aromatic rings. The number of alkyl halides is 3. The Morgan fingerprint density at radius 1 is 1.05 bits per heavy atom. The van der Waals surface area contributed by atoms with E-state index in [1.165, 1.54) is 13.2 Å². The molecule has 40 heavy (non-hydrogen) atoms. The topological polar surface area (TPSA) is 79.7 Å². The van der Waals surface area contributed by atoms with Gasteiger partial charge in [-0.2, -0.15) is 13.2 Å². The maximum atomic E-state index is 13.9. The van der Waals surface area contributed by atoms with Crippen molar-refractivity contribution < 1.29 is 22.7 Å². The molecule has 4 rings (SSSR count). The van der Waals surface area contributed by atoms with Gasteiger partial charge in [-0.25, -0.2) is 4.98 Å². The summed E-state index contributed by atoms with van der Waals surface area (Å²) >= 11 is 0. The third kappa shape index (κ3) is 6.57. The standard InChI is InChI=1S/C29H36F3N5O3/c1-18(2)33-26(38)17-37-27(20-13-21(29(30,31)32)15-23(14-20)40-5)34-25-8-7-22(16-24(25)28(37)39)36-10-6-9-35(11-12-36)19(3)4/h7-8,13-16,18-19H,6,9-12,17H2,1-5H3,(H,33,38). The second-order valence-corrected chi connectivity index (χ2v) is 10.7. The van der Waals surface area contributed by atoms with E-state index in [-0.39, 0.29) is 23.2 Å². The van der Waals surface area contributed by atoms with Gasteiger partial charge in [0.25, 0.3) is 5.56 Å². The lowest BCUT2D eigenvalue weighted by Gasteiger charge is -2.26. The van der Waals surface area contributed by atoms with Gasteiger partial charge >= 0.3 is 6.18 Å². The predicted molar refractivity (Wildman–Crippen MR) is 150 cm³/mol. The summed E-state index contributed by atoms with van der Waals surface area (Å²) < 4.78 is 47.3. The Morgan fingerprint density at radius 2 is 1.80 bits per heavy atom. The van der Waals surface area contributed by atoms with Crippen molar-refractivity contribution in [2.24, 2.45) is 0 Å². The summed E-state index contributed by atoms with van der Waals surface area (Å²) in [4.78, 5) is 35.9. The number of ether oxygens (including phenoxy) is 1. The molecule has 1 amide bonds. The number of fused-ring (bicyclic) bond motifs is 1. The van der Waals surface area contributed by atoms with Crippen LogP contribution in [0, 0.1) is 0 Å². The van der Waals surface area contributed by atoms with Gasteiger partial charge in [-0.05, 0) is 70.5 Å². The number of anilines is 1. The van der Waals surface area contributed by atoms with Crippen molar-refractivity contribution in [3.05, 3.63) is 52.3 Å². The number of halogens is 3. The molecule has 0 spiro atoms. The largest absolute Gasteiger partial charge is 0.497 e. The molecular formula is C29H36F3N5O3. The van der Waals surface area contributed by atoms with Crippen molar-refractivity contribution in [2.45, 2.75) is 58.9 Å². The Morgan fingerprint density at radius 3 is 2.45 bits per heavy atom. The molecule has 1 N–H and O–H groups in total. The summed E-state index contributed by atoms with van der Waals surface area (Å²) in [6.45, 7) is 11.0. The fraction of sp³-hybridized carbons (Fsp3) is 0.483. The summed E-state index contributed by atoms with van der Waals surface area (Å²) in [5.74, 6) is -0.531. The number of aromatic nitrogens is 2. The van der Waals surface area contributed by atoms with Gasteiger partial charge in [0.2, 0.25) is 5.91 Å². The van der Waals surface area contributed by atoms with Gasteiger partial charge in [-0.3, -0.25) is 19.1 Å². The van der Waals surface area contributed by atoms with Gasteiger partial charge in [-0.15, -0.1) is 0 Å². The number of carbonyl (C=O) groups is 1. The van der Waals surface area contributed by atoms with E-state index in [2.05, 4.69) is 33.9 Å². The first-order valence-electron chi connectivity index (χ1n) is 13.5. The number of benzene rings is 2. The summed E-state index contributed by atoms with van der Waals surface area (Å²) in [5, 5.41) is 3.04. The van der Waals surface area contributed by atoms with Crippen molar-refractivity contribution >= 4 is 22.5 Å². The van der Waals surface area contributed by atoms with E-state index >= 15 is 0 Å². The molecule has 0 aliphatic carbocycles. The molecule has 216 valence electrons. The van der Waals surface area contributed by atoms with Crippen LogP contribution in [0.1, 0.15) is 39.7 Å². The molecular weight excluding hydrogens is 523 g/mol. The smallest absolute Gasteiger partial charge is 0.416 e. The van der Waals surface area contributed by atoms with Crippen LogP contribution in [0.4, 0.5) is 18.9 Å². The highest BCUT2D eigenvalue weighted by atomic mass is 19.4. The summed E-state index contributed by atoms with van der Waals surface area (Å²) in [5.41, 5.74) is -0.228. The van der Waals surface area contributed by atoms with Crippen molar-refractivity contribution in [1.29, 1.82) is 0 Å². The third-order valence-corrected chi connectivity index (χ3v) is 7.04. The van der Waals surface area contributed by atoms with Crippen molar-refractivity contribution in [1.82, 2.24) is 19.8 Å². The van der Waals surface area contributed by atoms with Crippen LogP contribution in [0.3, 0.4) is 0 Å². The van der Waals surface area contributed by atoms with Gasteiger partial charge in [0.05, 0.1) is 23.6 Å². The van der Waals surface area contributed by atoms with Crippen molar-refractivity contribution in [3.63, 3.8) is 0 Å². The highest BCUT2D eigenvalue weighted by Gasteiger charge is 2.32. The zero-order valence-electron chi connectivity index (χ0n) is 23.5. The van der Waals surface area contributed by atoms with Gasteiger partial charge < -0.3 is 15.0 Å². The molecule has 1 saturated heterocycles. The molecule has 0 unspecified atom stereocenters. The minimum Gasteiger partial charge on any atom is -0.497 e. The number of hydrogen-bond donors (Lipinski definition) is 1. The van der Waals surface area contributed by atoms with E-state index in [0.717, 1.165) is 55.0 Å². The number of carbonyl (C=O) groups excluding carboxylic acids is 1. The monoisotopic (exact) mass is 559 g/mol. The lowest BCUT2D eigenvalue weighted by molar-refractivity contribution is -0.137. The number of nitrogens with one attached hydrogen (secondary N) is 1. The average Bonchev–Trinajstić information content (AvgIpc) is 3.15. The van der Waals surface area contributed by atoms with Crippen molar-refractivity contribution in [2.75, 3.05) is 38.2 Å². The summed E-state index contributed by atoms with van der Waals surface area (Å²) in [6, 6.07) is 8.79. The third-order valence-electron chi connectivity index (χ3n) is 7.04. The fourth-order valence-electron chi connectivity index (χ4n) is 5.01. The van der Waals surface area contributed by atoms with E-state index in [1.54, 1.807) is 26.0 Å². The first-order chi connectivity index (χ1) is 18.9. The first kappa shape index (κ1) is 29.4. The van der Waals surface area contributed by atoms with Gasteiger partial charge in [0.1, 0.15) is 18.1 Å². The Labute approximate surface area is 231 Å². The van der Waals surface area contributed by atoms with Crippen LogP contribution in [-0.2, 0) is 17.5 Å². The van der Waals surface area contributed by atoms with Gasteiger partial charge in [0, 0.05) is 49.5 Å². The second kappa shape index (κ2) is 11.9. The summed E-state index contributed by atoms with van der Waals surface area (Å²) in [6.07, 6.45) is -3.67. The van der Waals surface area contributed by atoms with Crippen LogP contribution in [0.5, 0.6) is 5.75 Å². The number of hydrogen-bond acceptors (Lipinski definition) is 6. The summed E-state index contributed by atoms with van der Waals surface area (Å²) in [7, 11) is 1.26.